The Bertz CT molecular complexity index is 505. The van der Waals surface area contributed by atoms with Gasteiger partial charge in [0.2, 0.25) is 5.95 Å². The molecule has 0 spiro atoms. The van der Waals surface area contributed by atoms with E-state index in [4.69, 9.17) is 4.74 Å². The number of carbonyl (C=O) groups is 1. The summed E-state index contributed by atoms with van der Waals surface area (Å²) in [6, 6.07) is 2.10. The summed E-state index contributed by atoms with van der Waals surface area (Å²) in [5, 5.41) is 3.30. The largest absolute Gasteiger partial charge is 0.444 e. The maximum atomic E-state index is 12.0. The highest BCUT2D eigenvalue weighted by Crippen LogP contribution is 2.17. The molecule has 21 heavy (non-hydrogen) atoms. The fourth-order valence-corrected chi connectivity index (χ4v) is 2.34. The molecule has 0 saturated carbocycles. The van der Waals surface area contributed by atoms with E-state index in [9.17, 15) is 4.79 Å². The number of amides is 1. The van der Waals surface area contributed by atoms with E-state index in [1.165, 1.54) is 0 Å². The van der Waals surface area contributed by atoms with Gasteiger partial charge < -0.3 is 15.0 Å². The van der Waals surface area contributed by atoms with Crippen LogP contribution in [0, 0.1) is 13.8 Å². The molecular weight excluding hydrogens is 268 g/mol. The van der Waals surface area contributed by atoms with Crippen LogP contribution in [0.1, 0.15) is 38.6 Å². The number of anilines is 1. The van der Waals surface area contributed by atoms with Crippen molar-refractivity contribution < 1.29 is 9.53 Å². The lowest BCUT2D eigenvalue weighted by atomic mass is 10.2. The van der Waals surface area contributed by atoms with Crippen molar-refractivity contribution in [2.75, 3.05) is 18.4 Å². The van der Waals surface area contributed by atoms with E-state index in [2.05, 4.69) is 15.3 Å². The van der Waals surface area contributed by atoms with Gasteiger partial charge in [-0.05, 0) is 47.1 Å². The van der Waals surface area contributed by atoms with E-state index >= 15 is 0 Å². The molecule has 1 amide bonds. The Morgan fingerprint density at radius 1 is 1.33 bits per heavy atom. The third-order valence-electron chi connectivity index (χ3n) is 3.16. The molecule has 6 heteroatoms. The van der Waals surface area contributed by atoms with Crippen LogP contribution in [0.15, 0.2) is 6.07 Å². The van der Waals surface area contributed by atoms with Gasteiger partial charge in [0.05, 0.1) is 0 Å². The number of ether oxygens (including phenoxy) is 1. The van der Waals surface area contributed by atoms with Crippen LogP contribution in [0.25, 0.3) is 0 Å². The summed E-state index contributed by atoms with van der Waals surface area (Å²) in [7, 11) is 0. The van der Waals surface area contributed by atoms with Crippen LogP contribution in [0.4, 0.5) is 10.7 Å². The molecule has 1 saturated heterocycles. The molecule has 1 fully saturated rings. The number of nitrogens with one attached hydrogen (secondary N) is 1. The van der Waals surface area contributed by atoms with Gasteiger partial charge in [-0.15, -0.1) is 0 Å². The maximum absolute atomic E-state index is 12.0. The molecule has 1 aromatic heterocycles. The zero-order valence-corrected chi connectivity index (χ0v) is 13.4. The van der Waals surface area contributed by atoms with Crippen molar-refractivity contribution in [2.24, 2.45) is 0 Å². The summed E-state index contributed by atoms with van der Waals surface area (Å²) >= 11 is 0. The van der Waals surface area contributed by atoms with E-state index in [-0.39, 0.29) is 12.1 Å². The summed E-state index contributed by atoms with van der Waals surface area (Å²) in [5.74, 6) is 0.628. The molecule has 1 aliphatic rings. The number of aryl methyl sites for hydroxylation is 2. The number of hydrogen-bond acceptors (Lipinski definition) is 5. The van der Waals surface area contributed by atoms with Gasteiger partial charge in [0.1, 0.15) is 5.60 Å². The van der Waals surface area contributed by atoms with Gasteiger partial charge in [0.15, 0.2) is 0 Å². The van der Waals surface area contributed by atoms with Gasteiger partial charge >= 0.3 is 6.09 Å². The minimum absolute atomic E-state index is 0.165. The third kappa shape index (κ3) is 4.58. The third-order valence-corrected chi connectivity index (χ3v) is 3.16. The molecule has 1 atom stereocenters. The van der Waals surface area contributed by atoms with Crippen LogP contribution in [-0.4, -0.2) is 45.7 Å². The smallest absolute Gasteiger partial charge is 0.410 e. The zero-order valence-electron chi connectivity index (χ0n) is 13.4. The Kier molecular flexibility index (Phi) is 4.34. The average molecular weight is 292 g/mol. The molecule has 0 bridgehead atoms. The van der Waals surface area contributed by atoms with Gasteiger partial charge in [0.25, 0.3) is 0 Å². The second-order valence-corrected chi connectivity index (χ2v) is 6.53. The van der Waals surface area contributed by atoms with Crippen molar-refractivity contribution in [1.29, 1.82) is 0 Å². The molecular formula is C15H24N4O2. The molecule has 6 nitrogen and oxygen atoms in total. The molecule has 1 aromatic rings. The Hall–Kier alpha value is -1.85. The highest BCUT2D eigenvalue weighted by Gasteiger charge is 2.30. The quantitative estimate of drug-likeness (QED) is 0.907. The standard InChI is InChI=1S/C15H24N4O2/c1-10-8-11(2)17-13(16-10)18-12-6-7-19(9-12)14(20)21-15(3,4)5/h8,12H,6-7,9H2,1-5H3,(H,16,17,18)/t12-/m0/s1. The first kappa shape index (κ1) is 15.5. The minimum atomic E-state index is -0.459. The first-order valence-corrected chi connectivity index (χ1v) is 7.30. The second-order valence-electron chi connectivity index (χ2n) is 6.53. The van der Waals surface area contributed by atoms with Crippen molar-refractivity contribution in [3.8, 4) is 0 Å². The molecule has 116 valence electrons. The van der Waals surface area contributed by atoms with Gasteiger partial charge in [-0.3, -0.25) is 0 Å². The Morgan fingerprint density at radius 3 is 2.52 bits per heavy atom. The highest BCUT2D eigenvalue weighted by atomic mass is 16.6. The van der Waals surface area contributed by atoms with Crippen LogP contribution in [0.5, 0.6) is 0 Å². The summed E-state index contributed by atoms with van der Waals surface area (Å²) in [6.45, 7) is 10.8. The summed E-state index contributed by atoms with van der Waals surface area (Å²) in [5.41, 5.74) is 1.42. The van der Waals surface area contributed by atoms with E-state index < -0.39 is 5.60 Å². The molecule has 0 unspecified atom stereocenters. The predicted molar refractivity (Wildman–Crippen MR) is 81.3 cm³/mol. The topological polar surface area (TPSA) is 67.4 Å². The number of aromatic nitrogens is 2. The SMILES string of the molecule is Cc1cc(C)nc(N[C@H]2CCN(C(=O)OC(C)(C)C)C2)n1. The van der Waals surface area contributed by atoms with Gasteiger partial charge in [0, 0.05) is 30.5 Å². The van der Waals surface area contributed by atoms with Crippen molar-refractivity contribution in [2.45, 2.75) is 52.7 Å². The highest BCUT2D eigenvalue weighted by molar-refractivity contribution is 5.68. The molecule has 0 aliphatic carbocycles. The van der Waals surface area contributed by atoms with Crippen molar-refractivity contribution in [1.82, 2.24) is 14.9 Å². The van der Waals surface area contributed by atoms with Crippen molar-refractivity contribution in [3.63, 3.8) is 0 Å². The number of hydrogen-bond donors (Lipinski definition) is 1. The zero-order chi connectivity index (χ0) is 15.6. The first-order valence-electron chi connectivity index (χ1n) is 7.30. The maximum Gasteiger partial charge on any atom is 0.410 e. The average Bonchev–Trinajstić information content (AvgIpc) is 2.73. The van der Waals surface area contributed by atoms with E-state index in [1.807, 2.05) is 40.7 Å². The lowest BCUT2D eigenvalue weighted by Gasteiger charge is -2.24. The summed E-state index contributed by atoms with van der Waals surface area (Å²) in [4.78, 5) is 22.5. The van der Waals surface area contributed by atoms with Crippen LogP contribution in [0.3, 0.4) is 0 Å². The second kappa shape index (κ2) is 5.87. The number of carbonyl (C=O) groups excluding carboxylic acids is 1. The van der Waals surface area contributed by atoms with E-state index in [0.29, 0.717) is 19.0 Å². The molecule has 0 aromatic carbocycles. The molecule has 1 N–H and O–H groups in total. The van der Waals surface area contributed by atoms with Gasteiger partial charge in [-0.2, -0.15) is 0 Å². The minimum Gasteiger partial charge on any atom is -0.444 e. The first-order chi connectivity index (χ1) is 9.73. The van der Waals surface area contributed by atoms with E-state index in [0.717, 1.165) is 17.8 Å². The Morgan fingerprint density at radius 2 is 1.95 bits per heavy atom. The Labute approximate surface area is 125 Å². The van der Waals surface area contributed by atoms with E-state index in [1.54, 1.807) is 4.90 Å². The van der Waals surface area contributed by atoms with Crippen LogP contribution in [-0.2, 0) is 4.74 Å². The predicted octanol–water partition coefficient (Wildman–Crippen LogP) is 2.51. The molecule has 1 aliphatic heterocycles. The fourth-order valence-electron chi connectivity index (χ4n) is 2.34. The molecule has 2 heterocycles. The normalized spacial score (nSPS) is 18.7. The lowest BCUT2D eigenvalue weighted by Crippen LogP contribution is -2.36. The van der Waals surface area contributed by atoms with Gasteiger partial charge in [-0.25, -0.2) is 14.8 Å². The lowest BCUT2D eigenvalue weighted by molar-refractivity contribution is 0.0293. The molecule has 2 rings (SSSR count). The number of nitrogens with zero attached hydrogens (tertiary/aromatic N) is 3. The number of rotatable bonds is 2. The van der Waals surface area contributed by atoms with Crippen molar-refractivity contribution >= 4 is 12.0 Å². The summed E-state index contributed by atoms with van der Waals surface area (Å²) in [6.07, 6.45) is 0.614. The summed E-state index contributed by atoms with van der Waals surface area (Å²) < 4.78 is 5.39. The fraction of sp³-hybridized carbons (Fsp3) is 0.667. The van der Waals surface area contributed by atoms with Crippen LogP contribution >= 0.6 is 0 Å². The number of likely N-dealkylation sites (tertiary alicyclic amines) is 1. The monoisotopic (exact) mass is 292 g/mol. The van der Waals surface area contributed by atoms with Crippen molar-refractivity contribution in [3.05, 3.63) is 17.5 Å². The Balaban J connectivity index is 1.92. The van der Waals surface area contributed by atoms with Gasteiger partial charge in [-0.1, -0.05) is 0 Å². The van der Waals surface area contributed by atoms with Crippen LogP contribution < -0.4 is 5.32 Å². The van der Waals surface area contributed by atoms with Crippen LogP contribution in [0.2, 0.25) is 0 Å². The molecule has 0 radical (unpaired) electrons.